The molecule has 0 bridgehead atoms. The van der Waals surface area contributed by atoms with Gasteiger partial charge in [0.2, 0.25) is 15.9 Å². The molecule has 0 atom stereocenters. The lowest BCUT2D eigenvalue weighted by molar-refractivity contribution is -0.118. The highest BCUT2D eigenvalue weighted by Crippen LogP contribution is 2.30. The van der Waals surface area contributed by atoms with E-state index >= 15 is 0 Å². The first-order valence-electron chi connectivity index (χ1n) is 7.93. The molecule has 25 heavy (non-hydrogen) atoms. The number of rotatable bonds is 5. The van der Waals surface area contributed by atoms with Crippen molar-refractivity contribution in [1.29, 1.82) is 0 Å². The van der Waals surface area contributed by atoms with E-state index in [2.05, 4.69) is 4.98 Å². The second kappa shape index (κ2) is 7.15. The van der Waals surface area contributed by atoms with Crippen molar-refractivity contribution in [3.63, 3.8) is 0 Å². The Balaban J connectivity index is 1.72. The summed E-state index contributed by atoms with van der Waals surface area (Å²) in [4.78, 5) is 15.7. The van der Waals surface area contributed by atoms with Crippen LogP contribution in [0.25, 0.3) is 0 Å². The number of benzene rings is 1. The van der Waals surface area contributed by atoms with E-state index in [-0.39, 0.29) is 17.4 Å². The molecule has 0 aliphatic carbocycles. The number of hydrogen-bond acceptors (Lipinski definition) is 4. The van der Waals surface area contributed by atoms with E-state index in [0.29, 0.717) is 31.0 Å². The maximum Gasteiger partial charge on any atom is 0.243 e. The number of nitrogens with two attached hydrogens (primary N) is 1. The van der Waals surface area contributed by atoms with E-state index in [1.54, 1.807) is 35.2 Å². The van der Waals surface area contributed by atoms with Crippen molar-refractivity contribution in [2.45, 2.75) is 30.2 Å². The van der Waals surface area contributed by atoms with Gasteiger partial charge in [0.15, 0.2) is 0 Å². The molecule has 9 heteroatoms. The second-order valence-electron chi connectivity index (χ2n) is 6.02. The molecule has 0 radical (unpaired) electrons. The van der Waals surface area contributed by atoms with Gasteiger partial charge in [0.05, 0.1) is 4.90 Å². The Morgan fingerprint density at radius 1 is 1.32 bits per heavy atom. The van der Waals surface area contributed by atoms with Gasteiger partial charge in [0, 0.05) is 36.4 Å². The van der Waals surface area contributed by atoms with Crippen molar-refractivity contribution in [2.75, 3.05) is 13.1 Å². The van der Waals surface area contributed by atoms with Crippen LogP contribution < -0.4 is 5.73 Å². The predicted molar refractivity (Wildman–Crippen MR) is 93.6 cm³/mol. The van der Waals surface area contributed by atoms with E-state index in [1.165, 1.54) is 10.4 Å². The van der Waals surface area contributed by atoms with E-state index in [4.69, 9.17) is 17.3 Å². The zero-order chi connectivity index (χ0) is 18.0. The normalized spacial score (nSPS) is 16.8. The van der Waals surface area contributed by atoms with Gasteiger partial charge in [-0.15, -0.1) is 0 Å². The zero-order valence-electron chi connectivity index (χ0n) is 13.5. The van der Waals surface area contributed by atoms with Gasteiger partial charge >= 0.3 is 0 Å². The van der Waals surface area contributed by atoms with E-state index in [0.717, 1.165) is 5.82 Å². The minimum atomic E-state index is -3.56. The maximum atomic E-state index is 12.7. The number of carbonyl (C=O) groups is 1. The van der Waals surface area contributed by atoms with Crippen molar-refractivity contribution < 1.29 is 13.2 Å². The summed E-state index contributed by atoms with van der Waals surface area (Å²) < 4.78 is 28.7. The van der Waals surface area contributed by atoms with Crippen LogP contribution in [0.5, 0.6) is 0 Å². The average Bonchev–Trinajstić information content (AvgIpc) is 3.02. The molecule has 1 aliphatic heterocycles. The fraction of sp³-hybridized carbons (Fsp3) is 0.375. The Morgan fingerprint density at radius 3 is 2.68 bits per heavy atom. The highest BCUT2D eigenvalue weighted by Gasteiger charge is 2.31. The monoisotopic (exact) mass is 382 g/mol. The van der Waals surface area contributed by atoms with Crippen LogP contribution in [-0.4, -0.2) is 41.3 Å². The first kappa shape index (κ1) is 17.9. The number of aromatic nitrogens is 2. The van der Waals surface area contributed by atoms with Crippen molar-refractivity contribution in [1.82, 2.24) is 13.9 Å². The first-order valence-corrected chi connectivity index (χ1v) is 9.75. The number of piperidine rings is 1. The molecule has 0 unspecified atom stereocenters. The predicted octanol–water partition coefficient (Wildman–Crippen LogP) is 1.59. The quantitative estimate of drug-likeness (QED) is 0.848. The number of nitrogens with zero attached hydrogens (tertiary/aromatic N) is 3. The zero-order valence-corrected chi connectivity index (χ0v) is 15.1. The fourth-order valence-corrected chi connectivity index (χ4v) is 4.88. The molecule has 2 N–H and O–H groups in total. The second-order valence-corrected chi connectivity index (χ2v) is 8.39. The molecule has 0 spiro atoms. The topological polar surface area (TPSA) is 98.3 Å². The Labute approximate surface area is 151 Å². The molecule has 134 valence electrons. The van der Waals surface area contributed by atoms with Crippen molar-refractivity contribution >= 4 is 27.5 Å². The third-order valence-electron chi connectivity index (χ3n) is 4.33. The Morgan fingerprint density at radius 2 is 2.04 bits per heavy atom. The summed E-state index contributed by atoms with van der Waals surface area (Å²) in [7, 11) is -3.56. The van der Waals surface area contributed by atoms with Gasteiger partial charge in [-0.1, -0.05) is 17.7 Å². The van der Waals surface area contributed by atoms with Gasteiger partial charge in [-0.25, -0.2) is 13.4 Å². The molecule has 1 aliphatic rings. The minimum Gasteiger partial charge on any atom is -0.368 e. The van der Waals surface area contributed by atoms with E-state index in [9.17, 15) is 13.2 Å². The number of carbonyl (C=O) groups excluding carboxylic acids is 1. The van der Waals surface area contributed by atoms with Gasteiger partial charge in [-0.05, 0) is 31.0 Å². The molecule has 1 saturated heterocycles. The molecule has 2 aromatic rings. The maximum absolute atomic E-state index is 12.7. The third-order valence-corrected chi connectivity index (χ3v) is 6.46. The van der Waals surface area contributed by atoms with Crippen molar-refractivity contribution in [3.05, 3.63) is 47.5 Å². The molecule has 1 fully saturated rings. The van der Waals surface area contributed by atoms with Crippen LogP contribution in [0.2, 0.25) is 5.02 Å². The molecular weight excluding hydrogens is 364 g/mol. The van der Waals surface area contributed by atoms with Gasteiger partial charge < -0.3 is 10.3 Å². The highest BCUT2D eigenvalue weighted by atomic mass is 35.5. The number of amides is 1. The SMILES string of the molecule is NC(=O)Cn1ccnc1C1CCN(S(=O)(=O)c2cccc(Cl)c2)CC1. The van der Waals surface area contributed by atoms with E-state index in [1.807, 2.05) is 0 Å². The summed E-state index contributed by atoms with van der Waals surface area (Å²) in [6.07, 6.45) is 4.62. The van der Waals surface area contributed by atoms with Crippen LogP contribution in [-0.2, 0) is 21.4 Å². The van der Waals surface area contributed by atoms with Crippen LogP contribution in [0.1, 0.15) is 24.6 Å². The largest absolute Gasteiger partial charge is 0.368 e. The summed E-state index contributed by atoms with van der Waals surface area (Å²) >= 11 is 5.91. The van der Waals surface area contributed by atoms with Crippen molar-refractivity contribution in [2.24, 2.45) is 5.73 Å². The molecule has 1 aromatic heterocycles. The summed E-state index contributed by atoms with van der Waals surface area (Å²) in [6, 6.07) is 6.28. The Hall–Kier alpha value is -1.90. The third kappa shape index (κ3) is 3.86. The van der Waals surface area contributed by atoms with Crippen LogP contribution in [0.3, 0.4) is 0 Å². The number of sulfonamides is 1. The molecule has 1 aromatic carbocycles. The Kier molecular flexibility index (Phi) is 5.12. The highest BCUT2D eigenvalue weighted by molar-refractivity contribution is 7.89. The summed E-state index contributed by atoms with van der Waals surface area (Å²) in [5, 5.41) is 0.393. The van der Waals surface area contributed by atoms with Gasteiger partial charge in [-0.3, -0.25) is 4.79 Å². The van der Waals surface area contributed by atoms with Crippen molar-refractivity contribution in [3.8, 4) is 0 Å². The Bertz CT molecular complexity index is 873. The lowest BCUT2D eigenvalue weighted by Gasteiger charge is -2.31. The van der Waals surface area contributed by atoms with Crippen LogP contribution in [0, 0.1) is 0 Å². The van der Waals surface area contributed by atoms with Crippen LogP contribution in [0.4, 0.5) is 0 Å². The molecular formula is C16H19ClN4O3S. The van der Waals surface area contributed by atoms with E-state index < -0.39 is 15.9 Å². The number of hydrogen-bond donors (Lipinski definition) is 1. The van der Waals surface area contributed by atoms with Gasteiger partial charge in [0.1, 0.15) is 12.4 Å². The van der Waals surface area contributed by atoms with Gasteiger partial charge in [0.25, 0.3) is 0 Å². The number of primary amides is 1. The summed E-state index contributed by atoms with van der Waals surface area (Å²) in [5.74, 6) is 0.444. The minimum absolute atomic E-state index is 0.0797. The van der Waals surface area contributed by atoms with Crippen LogP contribution in [0.15, 0.2) is 41.6 Å². The number of halogens is 1. The number of imidazole rings is 1. The average molecular weight is 383 g/mol. The molecule has 3 rings (SSSR count). The summed E-state index contributed by atoms with van der Waals surface area (Å²) in [5.41, 5.74) is 5.25. The van der Waals surface area contributed by atoms with Gasteiger partial charge in [-0.2, -0.15) is 4.31 Å². The first-order chi connectivity index (χ1) is 11.9. The van der Waals surface area contributed by atoms with Crippen LogP contribution >= 0.6 is 11.6 Å². The summed E-state index contributed by atoms with van der Waals surface area (Å²) in [6.45, 7) is 0.863. The smallest absolute Gasteiger partial charge is 0.243 e. The fourth-order valence-electron chi connectivity index (χ4n) is 3.11. The molecule has 1 amide bonds. The molecule has 7 nitrogen and oxygen atoms in total. The lowest BCUT2D eigenvalue weighted by Crippen LogP contribution is -2.38. The standard InChI is InChI=1S/C16H19ClN4O3S/c17-13-2-1-3-14(10-13)25(23,24)21-7-4-12(5-8-21)16-19-6-9-20(16)11-15(18)22/h1-3,6,9-10,12H,4-5,7-8,11H2,(H2,18,22). The lowest BCUT2D eigenvalue weighted by atomic mass is 9.97. The molecule has 0 saturated carbocycles. The molecule has 2 heterocycles.